The van der Waals surface area contributed by atoms with Crippen molar-refractivity contribution in [3.05, 3.63) is 0 Å². The zero-order valence-electron chi connectivity index (χ0n) is 10.0. The Morgan fingerprint density at radius 3 is 2.11 bits per heavy atom. The van der Waals surface area contributed by atoms with Crippen LogP contribution in [-0.2, 0) is 9.53 Å². The summed E-state index contributed by atoms with van der Waals surface area (Å²) in [5.41, 5.74) is 5.49. The maximum atomic E-state index is 12.4. The second kappa shape index (κ2) is 7.37. The van der Waals surface area contributed by atoms with Crippen molar-refractivity contribution in [2.75, 3.05) is 13.2 Å². The van der Waals surface area contributed by atoms with Crippen molar-refractivity contribution in [1.29, 1.82) is 5.41 Å². The lowest BCUT2D eigenvalue weighted by Gasteiger charge is -2.17. The SMILES string of the molecule is N=C(CCCN)CCCOC(=O)C(F)(F)C(F)(F)F. The lowest BCUT2D eigenvalue weighted by molar-refractivity contribution is -0.280. The molecule has 0 spiro atoms. The number of hydrogen-bond donors (Lipinski definition) is 2. The second-order valence-corrected chi connectivity index (χ2v) is 3.81. The van der Waals surface area contributed by atoms with Crippen LogP contribution in [0.1, 0.15) is 25.7 Å². The van der Waals surface area contributed by atoms with E-state index in [1.54, 1.807) is 0 Å². The molecule has 0 aromatic carbocycles. The number of carbonyl (C=O) groups excluding carboxylic acids is 1. The molecule has 0 fully saturated rings. The zero-order valence-corrected chi connectivity index (χ0v) is 10.0. The van der Waals surface area contributed by atoms with Crippen LogP contribution in [0.5, 0.6) is 0 Å². The van der Waals surface area contributed by atoms with Gasteiger partial charge in [0.1, 0.15) is 0 Å². The average Bonchev–Trinajstić information content (AvgIpc) is 2.30. The van der Waals surface area contributed by atoms with Gasteiger partial charge in [0.2, 0.25) is 0 Å². The molecule has 0 atom stereocenters. The van der Waals surface area contributed by atoms with Crippen LogP contribution in [0.25, 0.3) is 0 Å². The summed E-state index contributed by atoms with van der Waals surface area (Å²) in [6.07, 6.45) is -4.78. The summed E-state index contributed by atoms with van der Waals surface area (Å²) in [4.78, 5) is 10.6. The Kier molecular flexibility index (Phi) is 6.88. The first kappa shape index (κ1) is 17.8. The molecule has 112 valence electrons. The molecular weight excluding hydrogens is 275 g/mol. The fourth-order valence-corrected chi connectivity index (χ4v) is 1.10. The van der Waals surface area contributed by atoms with Gasteiger partial charge in [-0.05, 0) is 32.2 Å². The molecule has 3 N–H and O–H groups in total. The van der Waals surface area contributed by atoms with Gasteiger partial charge in [-0.25, -0.2) is 4.79 Å². The van der Waals surface area contributed by atoms with Gasteiger partial charge in [-0.2, -0.15) is 22.0 Å². The maximum absolute atomic E-state index is 12.4. The number of rotatable bonds is 8. The standard InChI is InChI=1S/C10H15F5N2O2/c11-9(12,10(13,14)15)8(18)19-6-2-4-7(17)3-1-5-16/h17H,1-6,16H2. The average molecular weight is 290 g/mol. The Hall–Kier alpha value is -1.25. The number of nitrogens with one attached hydrogen (secondary N) is 1. The zero-order chi connectivity index (χ0) is 15.1. The number of esters is 1. The lowest BCUT2D eigenvalue weighted by atomic mass is 10.1. The van der Waals surface area contributed by atoms with E-state index in [2.05, 4.69) is 4.74 Å². The van der Waals surface area contributed by atoms with E-state index in [0.717, 1.165) is 0 Å². The van der Waals surface area contributed by atoms with Crippen LogP contribution in [0.2, 0.25) is 0 Å². The molecule has 4 nitrogen and oxygen atoms in total. The predicted molar refractivity (Wildman–Crippen MR) is 57.2 cm³/mol. The van der Waals surface area contributed by atoms with Crippen LogP contribution < -0.4 is 5.73 Å². The van der Waals surface area contributed by atoms with Crippen LogP contribution in [0.4, 0.5) is 22.0 Å². The fraction of sp³-hybridized carbons (Fsp3) is 0.800. The summed E-state index contributed by atoms with van der Waals surface area (Å²) in [6, 6.07) is 0. The first-order valence-corrected chi connectivity index (χ1v) is 5.51. The molecule has 19 heavy (non-hydrogen) atoms. The van der Waals surface area contributed by atoms with Gasteiger partial charge in [-0.15, -0.1) is 0 Å². The molecule has 0 aromatic heterocycles. The molecule has 0 radical (unpaired) electrons. The molecule has 0 aromatic rings. The Morgan fingerprint density at radius 2 is 1.63 bits per heavy atom. The topological polar surface area (TPSA) is 76.2 Å². The van der Waals surface area contributed by atoms with Crippen LogP contribution in [0.3, 0.4) is 0 Å². The maximum Gasteiger partial charge on any atom is 0.465 e. The first-order valence-electron chi connectivity index (χ1n) is 5.51. The third-order valence-corrected chi connectivity index (χ3v) is 2.15. The highest BCUT2D eigenvalue weighted by Gasteiger charge is 2.64. The van der Waals surface area contributed by atoms with Gasteiger partial charge in [0.25, 0.3) is 0 Å². The summed E-state index contributed by atoms with van der Waals surface area (Å²) in [5, 5.41) is 7.38. The van der Waals surface area contributed by atoms with Crippen molar-refractivity contribution in [3.63, 3.8) is 0 Å². The highest BCUT2D eigenvalue weighted by atomic mass is 19.4. The van der Waals surface area contributed by atoms with Gasteiger partial charge >= 0.3 is 18.1 Å². The Morgan fingerprint density at radius 1 is 1.11 bits per heavy atom. The summed E-state index contributed by atoms with van der Waals surface area (Å²) < 4.78 is 64.0. The van der Waals surface area contributed by atoms with Crippen LogP contribution in [0.15, 0.2) is 0 Å². The second-order valence-electron chi connectivity index (χ2n) is 3.81. The van der Waals surface area contributed by atoms with Crippen LogP contribution in [-0.4, -0.2) is 36.9 Å². The highest BCUT2D eigenvalue weighted by molar-refractivity contribution is 5.81. The molecule has 0 aliphatic carbocycles. The van der Waals surface area contributed by atoms with Gasteiger partial charge in [0.15, 0.2) is 0 Å². The van der Waals surface area contributed by atoms with Gasteiger partial charge in [-0.1, -0.05) is 0 Å². The molecule has 0 unspecified atom stereocenters. The van der Waals surface area contributed by atoms with Crippen LogP contribution in [0, 0.1) is 5.41 Å². The molecule has 0 aliphatic heterocycles. The van der Waals surface area contributed by atoms with Crippen molar-refractivity contribution in [2.24, 2.45) is 5.73 Å². The minimum Gasteiger partial charge on any atom is -0.461 e. The fourth-order valence-electron chi connectivity index (χ4n) is 1.10. The van der Waals surface area contributed by atoms with Gasteiger partial charge in [0, 0.05) is 5.71 Å². The van der Waals surface area contributed by atoms with E-state index in [9.17, 15) is 26.7 Å². The molecule has 0 bridgehead atoms. The van der Waals surface area contributed by atoms with Gasteiger partial charge < -0.3 is 15.9 Å². The number of halogens is 5. The van der Waals surface area contributed by atoms with E-state index in [0.29, 0.717) is 19.4 Å². The smallest absolute Gasteiger partial charge is 0.461 e. The van der Waals surface area contributed by atoms with E-state index in [4.69, 9.17) is 11.1 Å². The molecular formula is C10H15F5N2O2. The minimum absolute atomic E-state index is 0.0169. The Labute approximate surface area is 106 Å². The molecule has 0 heterocycles. The van der Waals surface area contributed by atoms with Crippen molar-refractivity contribution < 1.29 is 31.5 Å². The summed E-state index contributed by atoms with van der Waals surface area (Å²) in [7, 11) is 0. The van der Waals surface area contributed by atoms with E-state index >= 15 is 0 Å². The number of hydrogen-bond acceptors (Lipinski definition) is 4. The monoisotopic (exact) mass is 290 g/mol. The van der Waals surface area contributed by atoms with Crippen molar-refractivity contribution in [2.45, 2.75) is 37.8 Å². The predicted octanol–water partition coefficient (Wildman–Crippen LogP) is 2.27. The molecule has 0 amide bonds. The van der Waals surface area contributed by atoms with Crippen molar-refractivity contribution in [3.8, 4) is 0 Å². The van der Waals surface area contributed by atoms with E-state index in [-0.39, 0.29) is 18.6 Å². The van der Waals surface area contributed by atoms with Crippen LogP contribution >= 0.6 is 0 Å². The molecule has 0 aliphatic rings. The first-order chi connectivity index (χ1) is 8.63. The quantitative estimate of drug-likeness (QED) is 0.311. The van der Waals surface area contributed by atoms with Gasteiger partial charge in [0.05, 0.1) is 6.61 Å². The lowest BCUT2D eigenvalue weighted by Crippen LogP contribution is -2.45. The number of nitrogens with two attached hydrogens (primary N) is 1. The Bertz CT molecular complexity index is 318. The largest absolute Gasteiger partial charge is 0.465 e. The summed E-state index contributed by atoms with van der Waals surface area (Å²) in [5.74, 6) is -8.12. The van der Waals surface area contributed by atoms with E-state index in [1.807, 2.05) is 0 Å². The molecule has 0 saturated heterocycles. The number of alkyl halides is 5. The minimum atomic E-state index is -5.96. The van der Waals surface area contributed by atoms with Gasteiger partial charge in [-0.3, -0.25) is 0 Å². The number of ether oxygens (including phenoxy) is 1. The molecule has 9 heteroatoms. The third kappa shape index (κ3) is 5.95. The van der Waals surface area contributed by atoms with Crippen molar-refractivity contribution in [1.82, 2.24) is 0 Å². The summed E-state index contributed by atoms with van der Waals surface area (Å²) in [6.45, 7) is -0.190. The molecule has 0 saturated carbocycles. The number of carbonyl (C=O) groups is 1. The summed E-state index contributed by atoms with van der Waals surface area (Å²) >= 11 is 0. The van der Waals surface area contributed by atoms with E-state index < -0.39 is 24.7 Å². The normalized spacial score (nSPS) is 12.3. The third-order valence-electron chi connectivity index (χ3n) is 2.15. The van der Waals surface area contributed by atoms with Crippen molar-refractivity contribution >= 4 is 11.7 Å². The Balaban J connectivity index is 3.96. The van der Waals surface area contributed by atoms with E-state index in [1.165, 1.54) is 0 Å². The molecule has 0 rings (SSSR count). The highest BCUT2D eigenvalue weighted by Crippen LogP contribution is 2.36.